The number of benzene rings is 1. The molecule has 0 bridgehead atoms. The number of hydrogen-bond donors (Lipinski definition) is 1. The van der Waals surface area contributed by atoms with Crippen molar-refractivity contribution in [2.24, 2.45) is 11.3 Å². The molecule has 0 amide bonds. The van der Waals surface area contributed by atoms with Crippen molar-refractivity contribution >= 4 is 0 Å². The highest BCUT2D eigenvalue weighted by Gasteiger charge is 2.38. The summed E-state index contributed by atoms with van der Waals surface area (Å²) in [5.41, 5.74) is 1.88. The van der Waals surface area contributed by atoms with Gasteiger partial charge in [0, 0.05) is 18.6 Å². The van der Waals surface area contributed by atoms with Gasteiger partial charge in [-0.1, -0.05) is 65.0 Å². The largest absolute Gasteiger partial charge is 0.309 e. The van der Waals surface area contributed by atoms with Gasteiger partial charge in [0.2, 0.25) is 0 Å². The molecule has 1 aliphatic rings. The Bertz CT molecular complexity index is 424. The quantitative estimate of drug-likeness (QED) is 0.848. The van der Waals surface area contributed by atoms with E-state index in [-0.39, 0.29) is 0 Å². The third-order valence-corrected chi connectivity index (χ3v) is 4.74. The lowest BCUT2D eigenvalue weighted by atomic mass is 9.89. The normalized spacial score (nSPS) is 21.6. The average molecular weight is 288 g/mol. The van der Waals surface area contributed by atoms with Gasteiger partial charge in [-0.05, 0) is 36.4 Å². The Morgan fingerprint density at radius 1 is 1.19 bits per heavy atom. The zero-order valence-electron chi connectivity index (χ0n) is 14.4. The van der Waals surface area contributed by atoms with Crippen LogP contribution in [0.4, 0.5) is 0 Å². The van der Waals surface area contributed by atoms with E-state index in [4.69, 9.17) is 0 Å². The Kier molecular flexibility index (Phi) is 5.45. The van der Waals surface area contributed by atoms with E-state index in [1.165, 1.54) is 25.1 Å². The van der Waals surface area contributed by atoms with Crippen LogP contribution in [-0.4, -0.2) is 30.6 Å². The van der Waals surface area contributed by atoms with Gasteiger partial charge >= 0.3 is 0 Å². The first-order chi connectivity index (χ1) is 9.94. The van der Waals surface area contributed by atoms with Gasteiger partial charge in [0.05, 0.1) is 0 Å². The van der Waals surface area contributed by atoms with E-state index in [2.05, 4.69) is 75.2 Å². The summed E-state index contributed by atoms with van der Waals surface area (Å²) in [6.07, 6.45) is 1.31. The van der Waals surface area contributed by atoms with Crippen LogP contribution in [0.2, 0.25) is 0 Å². The highest BCUT2D eigenvalue weighted by molar-refractivity contribution is 5.21. The zero-order chi connectivity index (χ0) is 15.5. The lowest BCUT2D eigenvalue weighted by molar-refractivity contribution is 0.133. The highest BCUT2D eigenvalue weighted by atomic mass is 15.2. The number of nitrogens with zero attached hydrogens (tertiary/aromatic N) is 1. The SMILES string of the molecule is CCNC(c1ccccc1)C(C(C)C)N1CCC(C)(C)C1. The van der Waals surface area contributed by atoms with Gasteiger partial charge in [0.25, 0.3) is 0 Å². The van der Waals surface area contributed by atoms with Crippen LogP contribution in [0.15, 0.2) is 30.3 Å². The van der Waals surface area contributed by atoms with Crippen molar-refractivity contribution in [1.29, 1.82) is 0 Å². The summed E-state index contributed by atoms with van der Waals surface area (Å²) >= 11 is 0. The molecule has 1 N–H and O–H groups in total. The van der Waals surface area contributed by atoms with Crippen LogP contribution in [-0.2, 0) is 0 Å². The van der Waals surface area contributed by atoms with Crippen LogP contribution < -0.4 is 5.32 Å². The molecular formula is C19H32N2. The van der Waals surface area contributed by atoms with E-state index < -0.39 is 0 Å². The molecule has 1 saturated heterocycles. The maximum atomic E-state index is 3.74. The van der Waals surface area contributed by atoms with Crippen molar-refractivity contribution in [1.82, 2.24) is 10.2 Å². The summed E-state index contributed by atoms with van der Waals surface area (Å²) in [4.78, 5) is 2.71. The van der Waals surface area contributed by atoms with Crippen LogP contribution in [0.3, 0.4) is 0 Å². The number of hydrogen-bond acceptors (Lipinski definition) is 2. The van der Waals surface area contributed by atoms with Crippen LogP contribution in [0.1, 0.15) is 52.6 Å². The maximum absolute atomic E-state index is 3.74. The third-order valence-electron chi connectivity index (χ3n) is 4.74. The van der Waals surface area contributed by atoms with Crippen molar-refractivity contribution in [2.75, 3.05) is 19.6 Å². The number of likely N-dealkylation sites (N-methyl/N-ethyl adjacent to an activating group) is 1. The van der Waals surface area contributed by atoms with Gasteiger partial charge in [-0.3, -0.25) is 4.90 Å². The van der Waals surface area contributed by atoms with Gasteiger partial charge in [0.15, 0.2) is 0 Å². The Labute approximate surface area is 130 Å². The van der Waals surface area contributed by atoms with E-state index in [1.54, 1.807) is 0 Å². The van der Waals surface area contributed by atoms with Crippen molar-refractivity contribution in [3.05, 3.63) is 35.9 Å². The first-order valence-corrected chi connectivity index (χ1v) is 8.47. The first-order valence-electron chi connectivity index (χ1n) is 8.47. The molecule has 1 heterocycles. The van der Waals surface area contributed by atoms with Crippen molar-refractivity contribution in [3.8, 4) is 0 Å². The Hall–Kier alpha value is -0.860. The summed E-state index contributed by atoms with van der Waals surface area (Å²) in [7, 11) is 0. The molecular weight excluding hydrogens is 256 g/mol. The molecule has 2 nitrogen and oxygen atoms in total. The molecule has 1 aromatic rings. The smallest absolute Gasteiger partial charge is 0.0480 e. The van der Waals surface area contributed by atoms with Crippen LogP contribution in [0.5, 0.6) is 0 Å². The molecule has 0 aromatic heterocycles. The number of nitrogens with one attached hydrogen (secondary N) is 1. The fourth-order valence-electron chi connectivity index (χ4n) is 3.74. The molecule has 1 fully saturated rings. The standard InChI is InChI=1S/C19H32N2/c1-6-20-17(16-10-8-7-9-11-16)18(15(2)3)21-13-12-19(4,5)14-21/h7-11,15,17-18,20H,6,12-14H2,1-5H3. The maximum Gasteiger partial charge on any atom is 0.0480 e. The topological polar surface area (TPSA) is 15.3 Å². The van der Waals surface area contributed by atoms with Crippen molar-refractivity contribution < 1.29 is 0 Å². The summed E-state index contributed by atoms with van der Waals surface area (Å²) in [5, 5.41) is 3.74. The van der Waals surface area contributed by atoms with Gasteiger partial charge in [-0.25, -0.2) is 0 Å². The van der Waals surface area contributed by atoms with E-state index in [9.17, 15) is 0 Å². The van der Waals surface area contributed by atoms with E-state index in [0.717, 1.165) is 6.54 Å². The van der Waals surface area contributed by atoms with E-state index in [0.29, 0.717) is 23.4 Å². The van der Waals surface area contributed by atoms with Gasteiger partial charge in [0.1, 0.15) is 0 Å². The minimum Gasteiger partial charge on any atom is -0.309 e. The van der Waals surface area contributed by atoms with E-state index >= 15 is 0 Å². The molecule has 0 spiro atoms. The zero-order valence-corrected chi connectivity index (χ0v) is 14.4. The van der Waals surface area contributed by atoms with Crippen LogP contribution in [0.25, 0.3) is 0 Å². The molecule has 0 saturated carbocycles. The lowest BCUT2D eigenvalue weighted by Gasteiger charge is -2.39. The fourth-order valence-corrected chi connectivity index (χ4v) is 3.74. The molecule has 21 heavy (non-hydrogen) atoms. The molecule has 2 heteroatoms. The summed E-state index contributed by atoms with van der Waals surface area (Å²) in [5.74, 6) is 0.642. The predicted octanol–water partition coefficient (Wildman–Crippen LogP) is 4.09. The minimum absolute atomic E-state index is 0.421. The second-order valence-electron chi connectivity index (χ2n) is 7.57. The molecule has 2 atom stereocenters. The third kappa shape index (κ3) is 4.08. The molecule has 0 radical (unpaired) electrons. The van der Waals surface area contributed by atoms with Gasteiger partial charge in [-0.2, -0.15) is 0 Å². The first kappa shape index (κ1) is 16.5. The molecule has 118 valence electrons. The monoisotopic (exact) mass is 288 g/mol. The average Bonchev–Trinajstić information content (AvgIpc) is 2.79. The number of rotatable bonds is 6. The number of likely N-dealkylation sites (tertiary alicyclic amines) is 1. The summed E-state index contributed by atoms with van der Waals surface area (Å²) in [6, 6.07) is 11.9. The second-order valence-corrected chi connectivity index (χ2v) is 7.57. The fraction of sp³-hybridized carbons (Fsp3) is 0.684. The van der Waals surface area contributed by atoms with E-state index in [1.807, 2.05) is 0 Å². The molecule has 1 aromatic carbocycles. The van der Waals surface area contributed by atoms with Crippen LogP contribution in [0, 0.1) is 11.3 Å². The lowest BCUT2D eigenvalue weighted by Crippen LogP contribution is -2.47. The summed E-state index contributed by atoms with van der Waals surface area (Å²) in [6.45, 7) is 15.2. The molecule has 2 unspecified atom stereocenters. The molecule has 0 aliphatic carbocycles. The van der Waals surface area contributed by atoms with Crippen molar-refractivity contribution in [2.45, 2.75) is 53.1 Å². The van der Waals surface area contributed by atoms with Gasteiger partial charge < -0.3 is 5.32 Å². The Morgan fingerprint density at radius 2 is 1.86 bits per heavy atom. The predicted molar refractivity (Wildman–Crippen MR) is 91.5 cm³/mol. The summed E-state index contributed by atoms with van der Waals surface area (Å²) < 4.78 is 0. The van der Waals surface area contributed by atoms with Crippen molar-refractivity contribution in [3.63, 3.8) is 0 Å². The van der Waals surface area contributed by atoms with Crippen LogP contribution >= 0.6 is 0 Å². The molecule has 1 aliphatic heterocycles. The molecule has 2 rings (SSSR count). The van der Waals surface area contributed by atoms with Gasteiger partial charge in [-0.15, -0.1) is 0 Å². The Balaban J connectivity index is 2.25. The second kappa shape index (κ2) is 6.93. The highest BCUT2D eigenvalue weighted by Crippen LogP contribution is 2.35. The Morgan fingerprint density at radius 3 is 2.33 bits per heavy atom. The minimum atomic E-state index is 0.421.